The van der Waals surface area contributed by atoms with Gasteiger partial charge in [0.2, 0.25) is 5.95 Å². The molecule has 0 saturated carbocycles. The van der Waals surface area contributed by atoms with Gasteiger partial charge in [0.15, 0.2) is 0 Å². The van der Waals surface area contributed by atoms with Gasteiger partial charge in [0.1, 0.15) is 11.4 Å². The van der Waals surface area contributed by atoms with Crippen LogP contribution in [0.15, 0.2) is 30.3 Å². The Labute approximate surface area is 136 Å². The number of aromatic nitrogens is 2. The summed E-state index contributed by atoms with van der Waals surface area (Å²) in [4.78, 5) is 21.0. The van der Waals surface area contributed by atoms with Crippen molar-refractivity contribution in [2.75, 3.05) is 17.7 Å². The van der Waals surface area contributed by atoms with Crippen LogP contribution < -0.4 is 15.4 Å². The number of carbonyl (C=O) groups excluding carboxylic acids is 1. The van der Waals surface area contributed by atoms with E-state index in [-0.39, 0.29) is 11.9 Å². The second kappa shape index (κ2) is 7.58. The molecule has 1 heterocycles. The van der Waals surface area contributed by atoms with Crippen LogP contribution in [0.3, 0.4) is 0 Å². The van der Waals surface area contributed by atoms with Crippen LogP contribution in [0.5, 0.6) is 5.75 Å². The Morgan fingerprint density at radius 3 is 2.78 bits per heavy atom. The van der Waals surface area contributed by atoms with Crippen LogP contribution in [0.2, 0.25) is 0 Å². The van der Waals surface area contributed by atoms with Crippen molar-refractivity contribution in [3.05, 3.63) is 41.7 Å². The summed E-state index contributed by atoms with van der Waals surface area (Å²) in [6.45, 7) is 5.96. The minimum absolute atomic E-state index is 0.242. The lowest BCUT2D eigenvalue weighted by atomic mass is 10.2. The Hall–Kier alpha value is -2.63. The molecule has 2 N–H and O–H groups in total. The van der Waals surface area contributed by atoms with Crippen molar-refractivity contribution in [3.63, 3.8) is 0 Å². The van der Waals surface area contributed by atoms with E-state index in [1.807, 2.05) is 26.0 Å². The SMILES string of the molecule is CCC(C)Nc1nc(C)cc(C(=O)Nc2cccc(OC)c2)n1. The molecule has 2 rings (SSSR count). The zero-order chi connectivity index (χ0) is 16.8. The number of anilines is 2. The molecule has 6 nitrogen and oxygen atoms in total. The van der Waals surface area contributed by atoms with E-state index in [0.29, 0.717) is 23.1 Å². The third-order valence-corrected chi connectivity index (χ3v) is 3.40. The summed E-state index contributed by atoms with van der Waals surface area (Å²) in [6, 6.07) is 9.09. The first kappa shape index (κ1) is 16.7. The molecule has 0 aliphatic rings. The van der Waals surface area contributed by atoms with Crippen LogP contribution >= 0.6 is 0 Å². The monoisotopic (exact) mass is 314 g/mol. The fraction of sp³-hybridized carbons (Fsp3) is 0.353. The van der Waals surface area contributed by atoms with E-state index in [0.717, 1.165) is 12.1 Å². The van der Waals surface area contributed by atoms with Crippen LogP contribution in [-0.2, 0) is 0 Å². The van der Waals surface area contributed by atoms with E-state index in [1.54, 1.807) is 25.3 Å². The maximum absolute atomic E-state index is 12.4. The Bertz CT molecular complexity index is 688. The highest BCUT2D eigenvalue weighted by Gasteiger charge is 2.12. The number of carbonyl (C=O) groups is 1. The van der Waals surface area contributed by atoms with E-state index in [1.165, 1.54) is 0 Å². The standard InChI is InChI=1S/C17H22N4O2/c1-5-11(2)18-17-19-12(3)9-15(21-17)16(22)20-13-7-6-8-14(10-13)23-4/h6-11H,5H2,1-4H3,(H,20,22)(H,18,19,21). The van der Waals surface area contributed by atoms with Gasteiger partial charge in [-0.05, 0) is 38.5 Å². The highest BCUT2D eigenvalue weighted by atomic mass is 16.5. The first-order valence-electron chi connectivity index (χ1n) is 7.59. The lowest BCUT2D eigenvalue weighted by Gasteiger charge is -2.13. The van der Waals surface area contributed by atoms with Crippen molar-refractivity contribution in [1.29, 1.82) is 0 Å². The Morgan fingerprint density at radius 2 is 2.09 bits per heavy atom. The van der Waals surface area contributed by atoms with Crippen LogP contribution in [0.1, 0.15) is 36.5 Å². The quantitative estimate of drug-likeness (QED) is 0.856. The van der Waals surface area contributed by atoms with Gasteiger partial charge >= 0.3 is 0 Å². The predicted octanol–water partition coefficient (Wildman–Crippen LogP) is 3.26. The number of methoxy groups -OCH3 is 1. The number of hydrogen-bond donors (Lipinski definition) is 2. The normalized spacial score (nSPS) is 11.7. The van der Waals surface area contributed by atoms with Crippen molar-refractivity contribution >= 4 is 17.5 Å². The molecule has 6 heteroatoms. The predicted molar refractivity (Wildman–Crippen MR) is 91.1 cm³/mol. The van der Waals surface area contributed by atoms with Gasteiger partial charge in [0.25, 0.3) is 5.91 Å². The molecule has 0 saturated heterocycles. The van der Waals surface area contributed by atoms with E-state index in [9.17, 15) is 4.79 Å². The molecule has 0 bridgehead atoms. The molecular formula is C17H22N4O2. The van der Waals surface area contributed by atoms with E-state index >= 15 is 0 Å². The summed E-state index contributed by atoms with van der Waals surface area (Å²) in [7, 11) is 1.58. The molecule has 1 amide bonds. The second-order valence-corrected chi connectivity index (χ2v) is 5.36. The smallest absolute Gasteiger partial charge is 0.274 e. The van der Waals surface area contributed by atoms with Gasteiger partial charge < -0.3 is 15.4 Å². The van der Waals surface area contributed by atoms with Gasteiger partial charge in [-0.15, -0.1) is 0 Å². The third kappa shape index (κ3) is 4.67. The summed E-state index contributed by atoms with van der Waals surface area (Å²) in [6.07, 6.45) is 0.947. The molecule has 23 heavy (non-hydrogen) atoms. The fourth-order valence-corrected chi connectivity index (χ4v) is 1.97. The van der Waals surface area contributed by atoms with Gasteiger partial charge in [0, 0.05) is 23.5 Å². The van der Waals surface area contributed by atoms with Gasteiger partial charge in [0.05, 0.1) is 7.11 Å². The topological polar surface area (TPSA) is 76.1 Å². The highest BCUT2D eigenvalue weighted by Crippen LogP contribution is 2.17. The van der Waals surface area contributed by atoms with Crippen molar-refractivity contribution in [1.82, 2.24) is 9.97 Å². The lowest BCUT2D eigenvalue weighted by molar-refractivity contribution is 0.102. The minimum Gasteiger partial charge on any atom is -0.497 e. The second-order valence-electron chi connectivity index (χ2n) is 5.36. The maximum Gasteiger partial charge on any atom is 0.274 e. The number of nitrogens with zero attached hydrogens (tertiary/aromatic N) is 2. The zero-order valence-corrected chi connectivity index (χ0v) is 13.9. The fourth-order valence-electron chi connectivity index (χ4n) is 1.97. The first-order chi connectivity index (χ1) is 11.0. The van der Waals surface area contributed by atoms with Gasteiger partial charge in [-0.1, -0.05) is 13.0 Å². The summed E-state index contributed by atoms with van der Waals surface area (Å²) >= 11 is 0. The average molecular weight is 314 g/mol. The molecule has 0 radical (unpaired) electrons. The van der Waals surface area contributed by atoms with Crippen molar-refractivity contribution in [2.45, 2.75) is 33.2 Å². The Balaban J connectivity index is 2.18. The number of amides is 1. The Kier molecular flexibility index (Phi) is 5.51. The summed E-state index contributed by atoms with van der Waals surface area (Å²) < 4.78 is 5.15. The molecule has 122 valence electrons. The van der Waals surface area contributed by atoms with Crippen LogP contribution in [-0.4, -0.2) is 29.0 Å². The van der Waals surface area contributed by atoms with Gasteiger partial charge in [-0.3, -0.25) is 4.79 Å². The van der Waals surface area contributed by atoms with E-state index < -0.39 is 0 Å². The molecule has 1 aromatic heterocycles. The number of ether oxygens (including phenoxy) is 1. The minimum atomic E-state index is -0.282. The molecule has 0 aliphatic heterocycles. The average Bonchev–Trinajstić information content (AvgIpc) is 2.54. The van der Waals surface area contributed by atoms with Gasteiger partial charge in [-0.2, -0.15) is 0 Å². The first-order valence-corrected chi connectivity index (χ1v) is 7.59. The number of benzene rings is 1. The lowest BCUT2D eigenvalue weighted by Crippen LogP contribution is -2.19. The number of aryl methyl sites for hydroxylation is 1. The summed E-state index contributed by atoms with van der Waals surface area (Å²) in [5.74, 6) is 0.867. The molecule has 1 aromatic carbocycles. The zero-order valence-electron chi connectivity index (χ0n) is 13.9. The van der Waals surface area contributed by atoms with Crippen LogP contribution in [0.4, 0.5) is 11.6 Å². The molecule has 0 aliphatic carbocycles. The number of hydrogen-bond acceptors (Lipinski definition) is 5. The Morgan fingerprint density at radius 1 is 1.30 bits per heavy atom. The molecule has 0 fully saturated rings. The third-order valence-electron chi connectivity index (χ3n) is 3.40. The molecule has 1 atom stereocenters. The summed E-state index contributed by atoms with van der Waals surface area (Å²) in [5.41, 5.74) is 1.72. The molecule has 0 spiro atoms. The highest BCUT2D eigenvalue weighted by molar-refractivity contribution is 6.03. The maximum atomic E-state index is 12.4. The van der Waals surface area contributed by atoms with Gasteiger partial charge in [-0.25, -0.2) is 9.97 Å². The molecular weight excluding hydrogens is 292 g/mol. The molecule has 1 unspecified atom stereocenters. The largest absolute Gasteiger partial charge is 0.497 e. The summed E-state index contributed by atoms with van der Waals surface area (Å²) in [5, 5.41) is 6.01. The van der Waals surface area contributed by atoms with Crippen molar-refractivity contribution in [3.8, 4) is 5.75 Å². The van der Waals surface area contributed by atoms with E-state index in [4.69, 9.17) is 4.74 Å². The number of rotatable bonds is 6. The number of nitrogens with one attached hydrogen (secondary N) is 2. The van der Waals surface area contributed by atoms with E-state index in [2.05, 4.69) is 27.5 Å². The van der Waals surface area contributed by atoms with Crippen LogP contribution in [0, 0.1) is 6.92 Å². The van der Waals surface area contributed by atoms with Crippen LogP contribution in [0.25, 0.3) is 0 Å². The van der Waals surface area contributed by atoms with Crippen molar-refractivity contribution in [2.24, 2.45) is 0 Å². The molecule has 2 aromatic rings. The van der Waals surface area contributed by atoms with Crippen molar-refractivity contribution < 1.29 is 9.53 Å².